The largest absolute Gasteiger partial charge is 0.497 e. The maximum Gasteiger partial charge on any atom is 0.226 e. The van der Waals surface area contributed by atoms with Crippen LogP contribution in [0.4, 0.5) is 5.69 Å². The average Bonchev–Trinajstić information content (AvgIpc) is 3.48. The number of hydrogen-bond donors (Lipinski definition) is 2. The monoisotopic (exact) mass is 662 g/mol. The topological polar surface area (TPSA) is 95.2 Å². The molecular weight excluding hydrogens is 627 g/mol. The minimum Gasteiger partial charge on any atom is -0.497 e. The zero-order valence-corrected chi connectivity index (χ0v) is 27.8. The highest BCUT2D eigenvalue weighted by atomic mass is 35.5. The fourth-order valence-corrected chi connectivity index (χ4v) is 5.44. The Balaban J connectivity index is 1.51. The first kappa shape index (κ1) is 33.8. The molecular formula is C34H36Cl2N6O2S. The van der Waals surface area contributed by atoms with Crippen LogP contribution in [0.15, 0.2) is 79.3 Å². The van der Waals surface area contributed by atoms with Crippen molar-refractivity contribution in [1.29, 1.82) is 5.26 Å². The number of nitrogens with one attached hydrogen (secondary N) is 2. The number of halogens is 2. The van der Waals surface area contributed by atoms with Gasteiger partial charge in [0.05, 0.1) is 41.5 Å². The van der Waals surface area contributed by atoms with Gasteiger partial charge in [-0.3, -0.25) is 4.79 Å². The molecule has 8 nitrogen and oxygen atoms in total. The van der Waals surface area contributed by atoms with Gasteiger partial charge in [-0.15, -0.1) is 0 Å². The van der Waals surface area contributed by atoms with Gasteiger partial charge in [0, 0.05) is 43.3 Å². The third kappa shape index (κ3) is 9.44. The second-order valence-corrected chi connectivity index (χ2v) is 12.0. The molecule has 0 fully saturated rings. The van der Waals surface area contributed by atoms with Gasteiger partial charge in [-0.05, 0) is 71.7 Å². The van der Waals surface area contributed by atoms with E-state index in [4.69, 9.17) is 45.4 Å². The van der Waals surface area contributed by atoms with Gasteiger partial charge in [-0.25, -0.2) is 4.98 Å². The third-order valence-electron chi connectivity index (χ3n) is 7.69. The highest BCUT2D eigenvalue weighted by Crippen LogP contribution is 2.27. The van der Waals surface area contributed by atoms with E-state index in [1.54, 1.807) is 37.8 Å². The summed E-state index contributed by atoms with van der Waals surface area (Å²) in [6.45, 7) is 5.59. The molecule has 2 atom stereocenters. The molecule has 2 N–H and O–H groups in total. The molecule has 11 heteroatoms. The molecule has 0 unspecified atom stereocenters. The van der Waals surface area contributed by atoms with E-state index in [1.807, 2.05) is 58.0 Å². The fraction of sp³-hybridized carbons (Fsp3) is 0.294. The number of amides is 1. The molecule has 1 aromatic heterocycles. The number of imidazole rings is 1. The Kier molecular flexibility index (Phi) is 12.2. The number of thiocarbonyl (C=S) groups is 1. The molecule has 0 aliphatic heterocycles. The van der Waals surface area contributed by atoms with Gasteiger partial charge in [-0.2, -0.15) is 5.26 Å². The minimum absolute atomic E-state index is 0.114. The molecule has 3 aromatic carbocycles. The van der Waals surface area contributed by atoms with Crippen molar-refractivity contribution in [3.05, 3.63) is 112 Å². The highest BCUT2D eigenvalue weighted by Gasteiger charge is 2.25. The van der Waals surface area contributed by atoms with Crippen LogP contribution in [0.5, 0.6) is 5.75 Å². The summed E-state index contributed by atoms with van der Waals surface area (Å²) in [5, 5.41) is 17.1. The van der Waals surface area contributed by atoms with Gasteiger partial charge < -0.3 is 24.8 Å². The van der Waals surface area contributed by atoms with Crippen molar-refractivity contribution in [2.45, 2.75) is 45.8 Å². The van der Waals surface area contributed by atoms with Crippen LogP contribution in [-0.2, 0) is 24.3 Å². The molecule has 234 valence electrons. The van der Waals surface area contributed by atoms with E-state index in [-0.39, 0.29) is 24.3 Å². The Morgan fingerprint density at radius 2 is 1.87 bits per heavy atom. The van der Waals surface area contributed by atoms with Gasteiger partial charge in [0.15, 0.2) is 5.11 Å². The lowest BCUT2D eigenvalue weighted by Gasteiger charge is -2.33. The Morgan fingerprint density at radius 3 is 2.53 bits per heavy atom. The molecule has 0 bridgehead atoms. The lowest BCUT2D eigenvalue weighted by atomic mass is 9.98. The second-order valence-electron chi connectivity index (χ2n) is 10.8. The molecule has 1 heterocycles. The average molecular weight is 664 g/mol. The Hall–Kier alpha value is -4.10. The van der Waals surface area contributed by atoms with Crippen LogP contribution >= 0.6 is 35.4 Å². The van der Waals surface area contributed by atoms with E-state index in [0.717, 1.165) is 34.7 Å². The quantitative estimate of drug-likeness (QED) is 0.148. The van der Waals surface area contributed by atoms with Crippen molar-refractivity contribution in [2.75, 3.05) is 19.0 Å². The van der Waals surface area contributed by atoms with Crippen LogP contribution in [0, 0.1) is 17.2 Å². The second kappa shape index (κ2) is 16.3. The summed E-state index contributed by atoms with van der Waals surface area (Å²) >= 11 is 18.8. The molecule has 0 spiro atoms. The molecule has 0 saturated heterocycles. The Morgan fingerprint density at radius 1 is 1.13 bits per heavy atom. The van der Waals surface area contributed by atoms with Crippen LogP contribution < -0.4 is 15.4 Å². The summed E-state index contributed by atoms with van der Waals surface area (Å²) in [6, 6.07) is 22.3. The molecule has 45 heavy (non-hydrogen) atoms. The van der Waals surface area contributed by atoms with Gasteiger partial charge in [-0.1, -0.05) is 67.7 Å². The SMILES string of the molecule is CC[C@H](C)[C@@H](CN(Cc1cccc(Cl)c1Cl)C(=S)Nc1ccc(OC)cc1)NC(=O)Cc1cncn1Cc1ccc(C#N)cc1. The number of nitriles is 1. The van der Waals surface area contributed by atoms with E-state index < -0.39 is 0 Å². The molecule has 4 aromatic rings. The number of ether oxygens (including phenoxy) is 1. The summed E-state index contributed by atoms with van der Waals surface area (Å²) < 4.78 is 7.23. The normalized spacial score (nSPS) is 12.1. The molecule has 0 radical (unpaired) electrons. The van der Waals surface area contributed by atoms with Crippen molar-refractivity contribution in [1.82, 2.24) is 19.8 Å². The number of aromatic nitrogens is 2. The van der Waals surface area contributed by atoms with E-state index in [9.17, 15) is 4.79 Å². The summed E-state index contributed by atoms with van der Waals surface area (Å²) in [7, 11) is 1.62. The molecule has 0 aliphatic carbocycles. The van der Waals surface area contributed by atoms with Crippen molar-refractivity contribution in [2.24, 2.45) is 5.92 Å². The highest BCUT2D eigenvalue weighted by molar-refractivity contribution is 7.80. The van der Waals surface area contributed by atoms with E-state index >= 15 is 0 Å². The fourth-order valence-electron chi connectivity index (χ4n) is 4.80. The number of rotatable bonds is 13. The third-order valence-corrected chi connectivity index (χ3v) is 8.91. The molecule has 0 saturated carbocycles. The zero-order valence-electron chi connectivity index (χ0n) is 25.5. The maximum atomic E-state index is 13.5. The molecule has 0 aliphatic rings. The van der Waals surface area contributed by atoms with Crippen molar-refractivity contribution >= 4 is 52.1 Å². The van der Waals surface area contributed by atoms with E-state index in [0.29, 0.717) is 40.4 Å². The number of benzene rings is 3. The predicted octanol–water partition coefficient (Wildman–Crippen LogP) is 7.09. The van der Waals surface area contributed by atoms with Crippen LogP contribution in [0.25, 0.3) is 0 Å². The van der Waals surface area contributed by atoms with Crippen molar-refractivity contribution in [3.63, 3.8) is 0 Å². The van der Waals surface area contributed by atoms with Crippen LogP contribution in [-0.4, -0.2) is 45.2 Å². The zero-order chi connectivity index (χ0) is 32.3. The number of carbonyl (C=O) groups is 1. The van der Waals surface area contributed by atoms with Gasteiger partial charge in [0.2, 0.25) is 5.91 Å². The van der Waals surface area contributed by atoms with Crippen LogP contribution in [0.1, 0.15) is 42.7 Å². The summed E-state index contributed by atoms with van der Waals surface area (Å²) in [6.07, 6.45) is 4.44. The first-order chi connectivity index (χ1) is 21.7. The minimum atomic E-state index is -0.217. The van der Waals surface area contributed by atoms with Crippen LogP contribution in [0.2, 0.25) is 10.0 Å². The predicted molar refractivity (Wildman–Crippen MR) is 184 cm³/mol. The lowest BCUT2D eigenvalue weighted by Crippen LogP contribution is -2.50. The first-order valence-electron chi connectivity index (χ1n) is 14.6. The van der Waals surface area contributed by atoms with E-state index in [1.165, 1.54) is 0 Å². The van der Waals surface area contributed by atoms with E-state index in [2.05, 4.69) is 35.5 Å². The number of nitrogens with zero attached hydrogens (tertiary/aromatic N) is 4. The summed E-state index contributed by atoms with van der Waals surface area (Å²) in [5.74, 6) is 0.780. The van der Waals surface area contributed by atoms with Crippen molar-refractivity contribution < 1.29 is 9.53 Å². The van der Waals surface area contributed by atoms with Crippen LogP contribution in [0.3, 0.4) is 0 Å². The number of methoxy groups -OCH3 is 1. The maximum absolute atomic E-state index is 13.5. The smallest absolute Gasteiger partial charge is 0.226 e. The number of carbonyl (C=O) groups excluding carboxylic acids is 1. The van der Waals surface area contributed by atoms with Gasteiger partial charge in [0.25, 0.3) is 0 Å². The summed E-state index contributed by atoms with van der Waals surface area (Å²) in [4.78, 5) is 19.8. The Labute approximate surface area is 279 Å². The number of anilines is 1. The lowest BCUT2D eigenvalue weighted by molar-refractivity contribution is -0.121. The molecule has 4 rings (SSSR count). The van der Waals surface area contributed by atoms with Gasteiger partial charge >= 0.3 is 0 Å². The van der Waals surface area contributed by atoms with Gasteiger partial charge in [0.1, 0.15) is 5.75 Å². The molecule has 1 amide bonds. The van der Waals surface area contributed by atoms with Crippen molar-refractivity contribution in [3.8, 4) is 11.8 Å². The first-order valence-corrected chi connectivity index (χ1v) is 15.8. The Bertz CT molecular complexity index is 1640. The summed E-state index contributed by atoms with van der Waals surface area (Å²) in [5.41, 5.74) is 4.04. The standard InChI is InChI=1S/C34H36Cl2N6O2S/c1-4-23(2)31(40-32(43)16-28-18-38-22-42(28)19-25-10-8-24(17-37)9-11-25)21-41(20-26-6-5-7-30(35)33(26)36)34(45)39-27-12-14-29(44-3)15-13-27/h5-15,18,22-23,31H,4,16,19-21H2,1-3H3,(H,39,45)(H,40,43)/t23-,31+/m0/s1. The number of hydrogen-bond acceptors (Lipinski definition) is 5.